The third-order valence-electron chi connectivity index (χ3n) is 1.79. The molecule has 0 aromatic heterocycles. The smallest absolute Gasteiger partial charge is 0.748 e. The van der Waals surface area contributed by atoms with Crippen molar-refractivity contribution in [1.82, 2.24) is 0 Å². The molecule has 0 aliphatic rings. The Morgan fingerprint density at radius 3 is 1.94 bits per heavy atom. The van der Waals surface area contributed by atoms with Crippen LogP contribution in [0.15, 0.2) is 54.6 Å². The van der Waals surface area contributed by atoms with Gasteiger partial charge in [-0.05, 0) is 0 Å². The van der Waals surface area contributed by atoms with Crippen LogP contribution in [0.5, 0.6) is 0 Å². The third kappa shape index (κ3) is 8.15. The van der Waals surface area contributed by atoms with E-state index in [9.17, 15) is 0 Å². The van der Waals surface area contributed by atoms with E-state index >= 15 is 0 Å². The molecule has 0 heterocycles. The number of benzene rings is 2. The summed E-state index contributed by atoms with van der Waals surface area (Å²) >= 11 is 0. The predicted molar refractivity (Wildman–Crippen MR) is 66.3 cm³/mol. The van der Waals surface area contributed by atoms with E-state index in [0.29, 0.717) is 6.26 Å². The average molecular weight is 355 g/mol. The first-order valence-corrected chi connectivity index (χ1v) is 6.71. The van der Waals surface area contributed by atoms with Gasteiger partial charge in [-0.2, -0.15) is 0 Å². The molecule has 0 saturated carbocycles. The maximum absolute atomic E-state index is 9.08. The van der Waals surface area contributed by atoms with Crippen LogP contribution >= 0.6 is 0 Å². The second kappa shape index (κ2) is 8.17. The summed E-state index contributed by atoms with van der Waals surface area (Å²) in [6, 6.07) is 21.5. The van der Waals surface area contributed by atoms with Gasteiger partial charge in [0.1, 0.15) is 0 Å². The van der Waals surface area contributed by atoms with Gasteiger partial charge in [-0.1, -0.05) is 35.9 Å². The van der Waals surface area contributed by atoms with E-state index in [1.54, 1.807) is 0 Å². The van der Waals surface area contributed by atoms with Crippen LogP contribution < -0.4 is 0 Å². The fourth-order valence-corrected chi connectivity index (χ4v) is 1.19. The van der Waals surface area contributed by atoms with Gasteiger partial charge in [0, 0.05) is 6.26 Å². The van der Waals surface area contributed by atoms with Gasteiger partial charge < -0.3 is 4.55 Å². The fraction of sp³-hybridized carbons (Fsp3) is 0.0769. The molecule has 0 atom stereocenters. The average Bonchev–Trinajstić information content (AvgIpc) is 2.29. The van der Waals surface area contributed by atoms with E-state index in [0.717, 1.165) is 5.56 Å². The zero-order valence-electron chi connectivity index (χ0n) is 9.65. The van der Waals surface area contributed by atoms with Crippen LogP contribution in [-0.2, 0) is 30.5 Å². The Morgan fingerprint density at radius 2 is 1.50 bits per heavy atom. The molecule has 0 N–H and O–H groups in total. The van der Waals surface area contributed by atoms with E-state index < -0.39 is 10.1 Å². The summed E-state index contributed by atoms with van der Waals surface area (Å²) in [4.78, 5) is 0. The minimum atomic E-state index is -3.92. The molecular formula is C13H12O3PdS. The summed E-state index contributed by atoms with van der Waals surface area (Å²) in [6.45, 7) is 0. The monoisotopic (exact) mass is 354 g/mol. The van der Waals surface area contributed by atoms with E-state index in [1.807, 2.05) is 36.4 Å². The van der Waals surface area contributed by atoms with Gasteiger partial charge in [-0.15, -0.1) is 35.9 Å². The molecule has 18 heavy (non-hydrogen) atoms. The standard InChI is InChI=1S/C12H9.CH4O3S.Pd/c1-3-7-11(8-4-1)12-9-5-2-6-10-12;1-5(2,3)4;/h1-9H;1H3,(H,2,3,4);/q-1;;+2/p-1. The Morgan fingerprint density at radius 1 is 1.00 bits per heavy atom. The van der Waals surface area contributed by atoms with Crippen molar-refractivity contribution in [2.45, 2.75) is 0 Å². The Labute approximate surface area is 121 Å². The molecule has 2 rings (SSSR count). The molecule has 5 heteroatoms. The zero-order chi connectivity index (χ0) is 12.7. The minimum Gasteiger partial charge on any atom is -0.748 e. The maximum atomic E-state index is 9.08. The van der Waals surface area contributed by atoms with E-state index in [4.69, 9.17) is 13.0 Å². The number of rotatable bonds is 1. The van der Waals surface area contributed by atoms with Crippen LogP contribution in [0.25, 0.3) is 11.1 Å². The van der Waals surface area contributed by atoms with Crippen molar-refractivity contribution in [2.75, 3.05) is 6.26 Å². The molecule has 2 aromatic rings. The maximum Gasteiger partial charge on any atom is 2.00 e. The van der Waals surface area contributed by atoms with Gasteiger partial charge in [0.25, 0.3) is 0 Å². The van der Waals surface area contributed by atoms with Crippen molar-refractivity contribution in [2.24, 2.45) is 0 Å². The van der Waals surface area contributed by atoms with E-state index in [2.05, 4.69) is 24.3 Å². The van der Waals surface area contributed by atoms with Gasteiger partial charge in [0.2, 0.25) is 0 Å². The Balaban J connectivity index is 0.000000421. The quantitative estimate of drug-likeness (QED) is 0.448. The molecule has 0 unspecified atom stereocenters. The van der Waals surface area contributed by atoms with Gasteiger partial charge in [0.15, 0.2) is 0 Å². The molecule has 2 aromatic carbocycles. The van der Waals surface area contributed by atoms with Gasteiger partial charge >= 0.3 is 20.4 Å². The first-order valence-electron chi connectivity index (χ1n) is 4.90. The minimum absolute atomic E-state index is 0. The molecule has 0 bridgehead atoms. The summed E-state index contributed by atoms with van der Waals surface area (Å²) in [5.74, 6) is 0. The van der Waals surface area contributed by atoms with E-state index in [-0.39, 0.29) is 20.4 Å². The molecule has 3 nitrogen and oxygen atoms in total. The van der Waals surface area contributed by atoms with E-state index in [1.165, 1.54) is 5.56 Å². The van der Waals surface area contributed by atoms with Crippen LogP contribution in [0.1, 0.15) is 0 Å². The summed E-state index contributed by atoms with van der Waals surface area (Å²) in [7, 11) is -3.92. The summed E-state index contributed by atoms with van der Waals surface area (Å²) < 4.78 is 27.2. The van der Waals surface area contributed by atoms with Crippen molar-refractivity contribution in [3.63, 3.8) is 0 Å². The van der Waals surface area contributed by atoms with Crippen LogP contribution in [0.3, 0.4) is 0 Å². The van der Waals surface area contributed by atoms with Crippen molar-refractivity contribution < 1.29 is 33.4 Å². The number of hydrogen-bond donors (Lipinski definition) is 0. The van der Waals surface area contributed by atoms with Crippen LogP contribution in [-0.4, -0.2) is 19.2 Å². The molecule has 0 aliphatic heterocycles. The Kier molecular flexibility index (Phi) is 7.72. The number of hydrogen-bond acceptors (Lipinski definition) is 3. The molecule has 0 spiro atoms. The van der Waals surface area contributed by atoms with Gasteiger partial charge in [-0.3, -0.25) is 0 Å². The first kappa shape index (κ1) is 17.0. The predicted octanol–water partition coefficient (Wildman–Crippen LogP) is 2.31. The molecule has 0 aliphatic carbocycles. The van der Waals surface area contributed by atoms with Gasteiger partial charge in [0.05, 0.1) is 10.1 Å². The second-order valence-electron chi connectivity index (χ2n) is 3.35. The Bertz CT molecular complexity index is 493. The molecule has 98 valence electrons. The summed E-state index contributed by atoms with van der Waals surface area (Å²) in [5, 5.41) is 0. The van der Waals surface area contributed by atoms with Crippen LogP contribution in [0.4, 0.5) is 0 Å². The van der Waals surface area contributed by atoms with Crippen LogP contribution in [0, 0.1) is 6.07 Å². The molecule has 0 saturated heterocycles. The normalized spacial score (nSPS) is 9.67. The topological polar surface area (TPSA) is 57.2 Å². The fourth-order valence-electron chi connectivity index (χ4n) is 1.19. The van der Waals surface area contributed by atoms with Crippen LogP contribution in [0.2, 0.25) is 0 Å². The molecule has 0 radical (unpaired) electrons. The van der Waals surface area contributed by atoms with Gasteiger partial charge in [-0.25, -0.2) is 8.42 Å². The van der Waals surface area contributed by atoms with Crippen molar-refractivity contribution >= 4 is 10.1 Å². The summed E-state index contributed by atoms with van der Waals surface area (Å²) in [5.41, 5.74) is 2.37. The largest absolute Gasteiger partial charge is 2.00 e. The Hall–Kier alpha value is -0.988. The third-order valence-corrected chi connectivity index (χ3v) is 1.79. The second-order valence-corrected chi connectivity index (χ2v) is 4.75. The van der Waals surface area contributed by atoms with Crippen molar-refractivity contribution in [3.05, 3.63) is 60.7 Å². The van der Waals surface area contributed by atoms with Crippen molar-refractivity contribution in [3.8, 4) is 11.1 Å². The first-order chi connectivity index (χ1) is 7.97. The molecular weight excluding hydrogens is 343 g/mol. The summed E-state index contributed by atoms with van der Waals surface area (Å²) in [6.07, 6.45) is 0.604. The molecule has 0 amide bonds. The SMILES string of the molecule is CS(=O)(=O)[O-].[Pd+2].[c-]1ccccc1-c1ccccc1. The molecule has 0 fully saturated rings. The van der Waals surface area contributed by atoms with Crippen molar-refractivity contribution in [1.29, 1.82) is 0 Å². The zero-order valence-corrected chi connectivity index (χ0v) is 12.0.